The first-order valence-corrected chi connectivity index (χ1v) is 13.6. The van der Waals surface area contributed by atoms with Gasteiger partial charge in [-0.05, 0) is 41.3 Å². The molecule has 0 unspecified atom stereocenters. The fraction of sp³-hybridized carbons (Fsp3) is 0.276. The van der Waals surface area contributed by atoms with Crippen LogP contribution in [0.1, 0.15) is 30.9 Å². The number of nitrogens with one attached hydrogen (secondary N) is 3. The van der Waals surface area contributed by atoms with Gasteiger partial charge in [0.15, 0.2) is 5.37 Å². The molecule has 1 atom stereocenters. The fourth-order valence-electron chi connectivity index (χ4n) is 4.26. The van der Waals surface area contributed by atoms with Gasteiger partial charge < -0.3 is 26.0 Å². The Morgan fingerprint density at radius 1 is 1.10 bits per heavy atom. The molecule has 4 amide bonds. The zero-order valence-corrected chi connectivity index (χ0v) is 22.4. The number of anilines is 1. The van der Waals surface area contributed by atoms with Crippen LogP contribution in [-0.4, -0.2) is 46.4 Å². The second kappa shape index (κ2) is 13.3. The van der Waals surface area contributed by atoms with Crippen LogP contribution in [0.2, 0.25) is 0 Å². The minimum Gasteiger partial charge on any atom is -0.395 e. The van der Waals surface area contributed by atoms with Crippen molar-refractivity contribution in [1.29, 1.82) is 0 Å². The topological polar surface area (TPSA) is 111 Å². The van der Waals surface area contributed by atoms with Crippen molar-refractivity contribution in [2.24, 2.45) is 0 Å². The number of para-hydroxylation sites is 1. The summed E-state index contributed by atoms with van der Waals surface area (Å²) in [5.41, 5.74) is 4.01. The van der Waals surface area contributed by atoms with Crippen molar-refractivity contribution < 1.29 is 23.9 Å². The molecule has 204 valence electrons. The summed E-state index contributed by atoms with van der Waals surface area (Å²) in [7, 11) is 0. The first kappa shape index (κ1) is 28.1. The highest BCUT2D eigenvalue weighted by molar-refractivity contribution is 8.00. The molecule has 8 nitrogen and oxygen atoms in total. The third-order valence-electron chi connectivity index (χ3n) is 6.15. The third-order valence-corrected chi connectivity index (χ3v) is 7.34. The summed E-state index contributed by atoms with van der Waals surface area (Å²) in [6.07, 6.45) is 0.964. The van der Waals surface area contributed by atoms with E-state index in [9.17, 15) is 18.8 Å². The van der Waals surface area contributed by atoms with E-state index in [-0.39, 0.29) is 25.0 Å². The Balaban J connectivity index is 1.54. The van der Waals surface area contributed by atoms with Crippen molar-refractivity contribution in [3.8, 4) is 11.1 Å². The number of carbonyl (C=O) groups excluding carboxylic acids is 3. The summed E-state index contributed by atoms with van der Waals surface area (Å²) in [6.45, 7) is 2.49. The van der Waals surface area contributed by atoms with E-state index in [0.717, 1.165) is 34.0 Å². The van der Waals surface area contributed by atoms with Crippen LogP contribution in [0.3, 0.4) is 0 Å². The average Bonchev–Trinajstić information content (AvgIpc) is 3.04. The molecule has 0 saturated heterocycles. The summed E-state index contributed by atoms with van der Waals surface area (Å²) >= 11 is 1.16. The summed E-state index contributed by atoms with van der Waals surface area (Å²) in [5, 5.41) is 16.3. The second-order valence-electron chi connectivity index (χ2n) is 9.11. The van der Waals surface area contributed by atoms with Gasteiger partial charge in [-0.1, -0.05) is 67.2 Å². The molecule has 0 radical (unpaired) electrons. The largest absolute Gasteiger partial charge is 0.395 e. The number of aliphatic hydroxyl groups excluding tert-OH is 1. The van der Waals surface area contributed by atoms with E-state index in [1.807, 2.05) is 49.4 Å². The number of urea groups is 1. The van der Waals surface area contributed by atoms with E-state index in [1.165, 1.54) is 12.1 Å². The van der Waals surface area contributed by atoms with Crippen LogP contribution in [0.5, 0.6) is 0 Å². The SMILES string of the molecule is CCCC(=O)N[C@@H]1Sc2cc(F)ccc2CN(Cc2ccc(-c3ccccc3NC(=O)NCCO)cc2)C1=O. The van der Waals surface area contributed by atoms with Crippen LogP contribution < -0.4 is 16.0 Å². The van der Waals surface area contributed by atoms with E-state index in [4.69, 9.17) is 5.11 Å². The molecule has 1 heterocycles. The number of thioether (sulfide) groups is 1. The number of halogens is 1. The van der Waals surface area contributed by atoms with Gasteiger partial charge in [-0.2, -0.15) is 0 Å². The molecule has 3 aromatic carbocycles. The molecule has 0 aromatic heterocycles. The number of rotatable bonds is 9. The second-order valence-corrected chi connectivity index (χ2v) is 10.3. The minimum atomic E-state index is -0.846. The summed E-state index contributed by atoms with van der Waals surface area (Å²) in [6, 6.07) is 19.1. The van der Waals surface area contributed by atoms with Gasteiger partial charge in [-0.15, -0.1) is 0 Å². The smallest absolute Gasteiger partial charge is 0.319 e. The van der Waals surface area contributed by atoms with Gasteiger partial charge in [0, 0.05) is 36.5 Å². The standard InChI is InChI=1S/C29H31FN4O4S/c1-2-5-26(36)33-27-28(37)34(18-21-12-13-22(30)16-25(21)39-27)17-19-8-10-20(11-9-19)23-6-3-4-7-24(23)32-29(38)31-14-15-35/h3-4,6-13,16,27,35H,2,5,14-15,17-18H2,1H3,(H,33,36)(H2,31,32,38)/t27-/m1/s1. The van der Waals surface area contributed by atoms with Crippen molar-refractivity contribution in [2.45, 2.75) is 43.1 Å². The molecule has 0 saturated carbocycles. The van der Waals surface area contributed by atoms with Crippen LogP contribution in [0, 0.1) is 5.82 Å². The number of carbonyl (C=O) groups is 3. The predicted molar refractivity (Wildman–Crippen MR) is 149 cm³/mol. The molecule has 1 aliphatic heterocycles. The van der Waals surface area contributed by atoms with Crippen molar-refractivity contribution in [3.05, 3.63) is 83.7 Å². The number of amides is 4. The van der Waals surface area contributed by atoms with Crippen molar-refractivity contribution in [3.63, 3.8) is 0 Å². The number of hydrogen-bond acceptors (Lipinski definition) is 5. The average molecular weight is 551 g/mol. The maximum Gasteiger partial charge on any atom is 0.319 e. The number of hydrogen-bond donors (Lipinski definition) is 4. The summed E-state index contributed by atoms with van der Waals surface area (Å²) in [5.74, 6) is -0.851. The van der Waals surface area contributed by atoms with E-state index in [1.54, 1.807) is 17.0 Å². The molecular formula is C29H31FN4O4S. The van der Waals surface area contributed by atoms with E-state index in [2.05, 4.69) is 16.0 Å². The molecule has 1 aliphatic rings. The van der Waals surface area contributed by atoms with Crippen LogP contribution in [0.15, 0.2) is 71.6 Å². The molecule has 39 heavy (non-hydrogen) atoms. The lowest BCUT2D eigenvalue weighted by atomic mass is 10.0. The molecule has 10 heteroatoms. The van der Waals surface area contributed by atoms with Gasteiger partial charge in [-0.25, -0.2) is 9.18 Å². The normalized spacial score (nSPS) is 14.8. The lowest BCUT2D eigenvalue weighted by Crippen LogP contribution is -2.45. The van der Waals surface area contributed by atoms with E-state index < -0.39 is 17.2 Å². The van der Waals surface area contributed by atoms with Crippen LogP contribution in [-0.2, 0) is 22.7 Å². The van der Waals surface area contributed by atoms with Crippen LogP contribution >= 0.6 is 11.8 Å². The summed E-state index contributed by atoms with van der Waals surface area (Å²) < 4.78 is 14.0. The quantitative estimate of drug-likeness (QED) is 0.314. The fourth-order valence-corrected chi connectivity index (χ4v) is 5.41. The van der Waals surface area contributed by atoms with Gasteiger partial charge >= 0.3 is 6.03 Å². The molecular weight excluding hydrogens is 519 g/mol. The van der Waals surface area contributed by atoms with Crippen LogP contribution in [0.4, 0.5) is 14.9 Å². The van der Waals surface area contributed by atoms with Gasteiger partial charge in [0.25, 0.3) is 5.91 Å². The van der Waals surface area contributed by atoms with Crippen molar-refractivity contribution in [1.82, 2.24) is 15.5 Å². The number of benzene rings is 3. The molecule has 0 aliphatic carbocycles. The molecule has 4 N–H and O–H groups in total. The maximum atomic E-state index is 14.0. The molecule has 4 rings (SSSR count). The van der Waals surface area contributed by atoms with Gasteiger partial charge in [0.1, 0.15) is 5.82 Å². The highest BCUT2D eigenvalue weighted by atomic mass is 32.2. The highest BCUT2D eigenvalue weighted by Crippen LogP contribution is 2.33. The predicted octanol–water partition coefficient (Wildman–Crippen LogP) is 4.48. The first-order valence-electron chi connectivity index (χ1n) is 12.7. The van der Waals surface area contributed by atoms with Crippen LogP contribution in [0.25, 0.3) is 11.1 Å². The van der Waals surface area contributed by atoms with Crippen molar-refractivity contribution in [2.75, 3.05) is 18.5 Å². The zero-order chi connectivity index (χ0) is 27.8. The lowest BCUT2D eigenvalue weighted by molar-refractivity contribution is -0.134. The van der Waals surface area contributed by atoms with Crippen molar-refractivity contribution >= 4 is 35.3 Å². The minimum absolute atomic E-state index is 0.150. The number of fused-ring (bicyclic) bond motifs is 1. The first-order chi connectivity index (χ1) is 18.9. The Hall–Kier alpha value is -3.89. The highest BCUT2D eigenvalue weighted by Gasteiger charge is 2.31. The Morgan fingerprint density at radius 2 is 1.87 bits per heavy atom. The lowest BCUT2D eigenvalue weighted by Gasteiger charge is -2.25. The third kappa shape index (κ3) is 7.36. The van der Waals surface area contributed by atoms with Gasteiger partial charge in [0.2, 0.25) is 5.91 Å². The zero-order valence-electron chi connectivity index (χ0n) is 21.6. The number of aliphatic hydroxyl groups is 1. The summed E-state index contributed by atoms with van der Waals surface area (Å²) in [4.78, 5) is 40.2. The molecule has 3 aromatic rings. The maximum absolute atomic E-state index is 14.0. The molecule has 0 fully saturated rings. The Kier molecular flexibility index (Phi) is 9.56. The Labute approximate surface area is 231 Å². The Bertz CT molecular complexity index is 1340. The number of nitrogens with zero attached hydrogens (tertiary/aromatic N) is 1. The van der Waals surface area contributed by atoms with E-state index in [0.29, 0.717) is 36.5 Å². The molecule has 0 bridgehead atoms. The van der Waals surface area contributed by atoms with E-state index >= 15 is 0 Å². The van der Waals surface area contributed by atoms with Gasteiger partial charge in [0.05, 0.1) is 12.3 Å². The monoisotopic (exact) mass is 550 g/mol. The molecule has 0 spiro atoms. The van der Waals surface area contributed by atoms with Gasteiger partial charge in [-0.3, -0.25) is 9.59 Å². The Morgan fingerprint density at radius 3 is 2.62 bits per heavy atom.